The molecule has 0 N–H and O–H groups in total. The lowest BCUT2D eigenvalue weighted by molar-refractivity contribution is 0.0400. The molecule has 15 heavy (non-hydrogen) atoms. The fraction of sp³-hybridized carbons (Fsp3) is 0.364. The van der Waals surface area contributed by atoms with E-state index in [9.17, 15) is 4.79 Å². The van der Waals surface area contributed by atoms with Gasteiger partial charge in [0.1, 0.15) is 5.60 Å². The third kappa shape index (κ3) is 4.51. The predicted molar refractivity (Wildman–Crippen MR) is 68.5 cm³/mol. The van der Waals surface area contributed by atoms with Crippen LogP contribution in [0.5, 0.6) is 0 Å². The Morgan fingerprint density at radius 1 is 1.40 bits per heavy atom. The van der Waals surface area contributed by atoms with Crippen LogP contribution in [0.3, 0.4) is 0 Å². The molecule has 1 heterocycles. The second kappa shape index (κ2) is 4.83. The maximum atomic E-state index is 11.7. The lowest BCUT2D eigenvalue weighted by Crippen LogP contribution is -2.30. The van der Waals surface area contributed by atoms with Crippen molar-refractivity contribution in [1.82, 2.24) is 4.90 Å². The van der Waals surface area contributed by atoms with Gasteiger partial charge in [0, 0.05) is 16.0 Å². The Hall–Kier alpha value is -0.780. The van der Waals surface area contributed by atoms with Crippen molar-refractivity contribution < 1.29 is 9.53 Å². The SMILES string of the molecule is CC(C)(C)OC(=O)N1C=CC=CC(I)=C1. The summed E-state index contributed by atoms with van der Waals surface area (Å²) in [7, 11) is 0. The summed E-state index contributed by atoms with van der Waals surface area (Å²) in [6, 6.07) is 0. The summed E-state index contributed by atoms with van der Waals surface area (Å²) in [5.74, 6) is 0. The molecule has 4 heteroatoms. The van der Waals surface area contributed by atoms with Crippen LogP contribution in [0.25, 0.3) is 0 Å². The number of rotatable bonds is 0. The maximum absolute atomic E-state index is 11.7. The molecule has 0 radical (unpaired) electrons. The molecular weight excluding hydrogens is 305 g/mol. The molecule has 0 unspecified atom stereocenters. The van der Waals surface area contributed by atoms with Gasteiger partial charge in [-0.15, -0.1) is 0 Å². The summed E-state index contributed by atoms with van der Waals surface area (Å²) >= 11 is 2.15. The highest BCUT2D eigenvalue weighted by molar-refractivity contribution is 14.1. The molecule has 0 saturated heterocycles. The van der Waals surface area contributed by atoms with E-state index in [-0.39, 0.29) is 6.09 Å². The minimum absolute atomic E-state index is 0.364. The zero-order chi connectivity index (χ0) is 11.5. The Kier molecular flexibility index (Phi) is 3.96. The van der Waals surface area contributed by atoms with Gasteiger partial charge in [0.05, 0.1) is 0 Å². The number of amides is 1. The number of allylic oxidation sites excluding steroid dienone is 4. The van der Waals surface area contributed by atoms with Crippen molar-refractivity contribution in [1.29, 1.82) is 0 Å². The lowest BCUT2D eigenvalue weighted by atomic mass is 10.2. The molecule has 0 bridgehead atoms. The van der Waals surface area contributed by atoms with Crippen LogP contribution in [-0.4, -0.2) is 16.6 Å². The van der Waals surface area contributed by atoms with Gasteiger partial charge < -0.3 is 4.74 Å². The summed E-state index contributed by atoms with van der Waals surface area (Å²) in [6.45, 7) is 5.54. The average molecular weight is 319 g/mol. The van der Waals surface area contributed by atoms with Crippen molar-refractivity contribution in [3.05, 3.63) is 34.2 Å². The van der Waals surface area contributed by atoms with Crippen LogP contribution >= 0.6 is 22.6 Å². The smallest absolute Gasteiger partial charge is 0.418 e. The number of halogens is 1. The van der Waals surface area contributed by atoms with Crippen LogP contribution in [0.15, 0.2) is 34.2 Å². The molecule has 3 nitrogen and oxygen atoms in total. The summed E-state index contributed by atoms with van der Waals surface area (Å²) < 4.78 is 6.22. The van der Waals surface area contributed by atoms with Crippen molar-refractivity contribution in [3.63, 3.8) is 0 Å². The van der Waals surface area contributed by atoms with Crippen LogP contribution in [-0.2, 0) is 4.74 Å². The predicted octanol–water partition coefficient (Wildman–Crippen LogP) is 3.58. The third-order valence-corrected chi connectivity index (χ3v) is 2.12. The molecule has 1 amide bonds. The molecule has 0 atom stereocenters. The fourth-order valence-electron chi connectivity index (χ4n) is 0.937. The first-order chi connectivity index (χ1) is 6.88. The van der Waals surface area contributed by atoms with Gasteiger partial charge in [-0.05, 0) is 55.5 Å². The zero-order valence-corrected chi connectivity index (χ0v) is 11.2. The van der Waals surface area contributed by atoms with Crippen molar-refractivity contribution in [3.8, 4) is 0 Å². The number of hydrogen-bond donors (Lipinski definition) is 0. The van der Waals surface area contributed by atoms with Crippen molar-refractivity contribution in [2.24, 2.45) is 0 Å². The Balaban J connectivity index is 2.72. The van der Waals surface area contributed by atoms with Gasteiger partial charge in [0.2, 0.25) is 0 Å². The van der Waals surface area contributed by atoms with E-state index in [1.54, 1.807) is 18.5 Å². The summed E-state index contributed by atoms with van der Waals surface area (Å²) in [5, 5.41) is 0. The summed E-state index contributed by atoms with van der Waals surface area (Å²) in [5.41, 5.74) is -0.468. The Morgan fingerprint density at radius 3 is 2.67 bits per heavy atom. The fourth-order valence-corrected chi connectivity index (χ4v) is 1.44. The number of ether oxygens (including phenoxy) is 1. The van der Waals surface area contributed by atoms with Crippen molar-refractivity contribution in [2.75, 3.05) is 0 Å². The normalized spacial score (nSPS) is 16.0. The molecule has 0 saturated carbocycles. The van der Waals surface area contributed by atoms with Gasteiger partial charge in [-0.3, -0.25) is 4.90 Å². The van der Waals surface area contributed by atoms with E-state index in [1.807, 2.05) is 32.9 Å². The molecule has 0 spiro atoms. The Morgan fingerprint density at radius 2 is 2.07 bits per heavy atom. The number of hydrogen-bond acceptors (Lipinski definition) is 2. The molecule has 1 rings (SSSR count). The minimum Gasteiger partial charge on any atom is -0.443 e. The van der Waals surface area contributed by atoms with Crippen LogP contribution < -0.4 is 0 Å². The summed E-state index contributed by atoms with van der Waals surface area (Å²) in [4.78, 5) is 13.1. The highest BCUT2D eigenvalue weighted by Crippen LogP contribution is 2.16. The quantitative estimate of drug-likeness (QED) is 0.639. The van der Waals surface area contributed by atoms with E-state index in [1.165, 1.54) is 4.90 Å². The first-order valence-corrected chi connectivity index (χ1v) is 5.70. The second-order valence-corrected chi connectivity index (χ2v) is 5.35. The maximum Gasteiger partial charge on any atom is 0.418 e. The molecule has 0 aromatic rings. The van der Waals surface area contributed by atoms with Gasteiger partial charge in [0.25, 0.3) is 0 Å². The van der Waals surface area contributed by atoms with E-state index in [2.05, 4.69) is 22.6 Å². The molecule has 0 fully saturated rings. The van der Waals surface area contributed by atoms with Gasteiger partial charge in [-0.25, -0.2) is 4.79 Å². The molecular formula is C11H14INO2. The average Bonchev–Trinajstić information content (AvgIpc) is 2.26. The van der Waals surface area contributed by atoms with Gasteiger partial charge >= 0.3 is 6.09 Å². The zero-order valence-electron chi connectivity index (χ0n) is 9.03. The standard InChI is InChI=1S/C11H14INO2/c1-11(2,3)15-10(14)13-7-5-4-6-9(12)8-13/h4-8H,1-3H3. The number of carbonyl (C=O) groups is 1. The van der Waals surface area contributed by atoms with Crippen molar-refractivity contribution in [2.45, 2.75) is 26.4 Å². The molecule has 0 aromatic carbocycles. The largest absolute Gasteiger partial charge is 0.443 e. The number of carbonyl (C=O) groups excluding carboxylic acids is 1. The summed E-state index contributed by atoms with van der Waals surface area (Å²) in [6.07, 6.45) is 8.64. The van der Waals surface area contributed by atoms with Gasteiger partial charge in [-0.1, -0.05) is 6.08 Å². The molecule has 82 valence electrons. The first kappa shape index (κ1) is 12.3. The highest BCUT2D eigenvalue weighted by Gasteiger charge is 2.19. The third-order valence-electron chi connectivity index (χ3n) is 1.48. The molecule has 0 aromatic heterocycles. The van der Waals surface area contributed by atoms with E-state index in [4.69, 9.17) is 4.74 Å². The van der Waals surface area contributed by atoms with Crippen LogP contribution in [0.2, 0.25) is 0 Å². The Labute approximate surface area is 104 Å². The first-order valence-electron chi connectivity index (χ1n) is 4.62. The number of nitrogens with zero attached hydrogens (tertiary/aromatic N) is 1. The van der Waals surface area contributed by atoms with Crippen LogP contribution in [0.4, 0.5) is 4.79 Å². The van der Waals surface area contributed by atoms with E-state index < -0.39 is 5.60 Å². The second-order valence-electron chi connectivity index (χ2n) is 4.10. The lowest BCUT2D eigenvalue weighted by Gasteiger charge is -2.23. The minimum atomic E-state index is -0.468. The topological polar surface area (TPSA) is 29.5 Å². The van der Waals surface area contributed by atoms with Gasteiger partial charge in [0.15, 0.2) is 0 Å². The van der Waals surface area contributed by atoms with E-state index in [0.717, 1.165) is 3.58 Å². The highest BCUT2D eigenvalue weighted by atomic mass is 127. The molecule has 0 aliphatic carbocycles. The van der Waals surface area contributed by atoms with Crippen LogP contribution in [0, 0.1) is 0 Å². The van der Waals surface area contributed by atoms with Gasteiger partial charge in [-0.2, -0.15) is 0 Å². The molecule has 1 aliphatic rings. The monoisotopic (exact) mass is 319 g/mol. The van der Waals surface area contributed by atoms with Crippen LogP contribution in [0.1, 0.15) is 20.8 Å². The Bertz CT molecular complexity index is 337. The molecule has 1 aliphatic heterocycles. The van der Waals surface area contributed by atoms with E-state index in [0.29, 0.717) is 0 Å². The van der Waals surface area contributed by atoms with E-state index >= 15 is 0 Å². The van der Waals surface area contributed by atoms with Crippen molar-refractivity contribution >= 4 is 28.7 Å².